The lowest BCUT2D eigenvalue weighted by Crippen LogP contribution is -2.66. The van der Waals surface area contributed by atoms with Crippen LogP contribution in [0.2, 0.25) is 0 Å². The lowest BCUT2D eigenvalue weighted by molar-refractivity contribution is -0.204. The normalized spacial score (nSPS) is 32.3. The third-order valence-electron chi connectivity index (χ3n) is 5.39. The zero-order chi connectivity index (χ0) is 20.5. The van der Waals surface area contributed by atoms with Crippen molar-refractivity contribution >= 4 is 23.9 Å². The van der Waals surface area contributed by atoms with Gasteiger partial charge in [0.05, 0.1) is 45.8 Å². The second-order valence-corrected chi connectivity index (χ2v) is 6.39. The van der Waals surface area contributed by atoms with Crippen molar-refractivity contribution in [3.63, 3.8) is 0 Å². The third kappa shape index (κ3) is 2.93. The highest BCUT2D eigenvalue weighted by Gasteiger charge is 2.68. The van der Waals surface area contributed by atoms with E-state index < -0.39 is 58.9 Å². The maximum atomic E-state index is 12.5. The number of methoxy groups -OCH3 is 4. The Morgan fingerprint density at radius 1 is 0.889 bits per heavy atom. The summed E-state index contributed by atoms with van der Waals surface area (Å²) in [5.74, 6) is -10.4. The van der Waals surface area contributed by atoms with Crippen LogP contribution in [0.5, 0.6) is 0 Å². The minimum absolute atomic E-state index is 0.00258. The largest absolute Gasteiger partial charge is 0.511 e. The topological polar surface area (TPSA) is 146 Å². The van der Waals surface area contributed by atoms with Crippen molar-refractivity contribution in [2.75, 3.05) is 28.4 Å². The summed E-state index contributed by atoms with van der Waals surface area (Å²) in [4.78, 5) is 49.5. The summed E-state index contributed by atoms with van der Waals surface area (Å²) in [6.45, 7) is 0. The van der Waals surface area contributed by atoms with Crippen LogP contribution in [0.4, 0.5) is 0 Å². The van der Waals surface area contributed by atoms with E-state index in [9.17, 15) is 29.4 Å². The number of carbonyl (C=O) groups is 4. The molecule has 0 amide bonds. The van der Waals surface area contributed by atoms with Gasteiger partial charge >= 0.3 is 23.9 Å². The molecular formula is C17H22O10. The Morgan fingerprint density at radius 2 is 1.44 bits per heavy atom. The zero-order valence-electron chi connectivity index (χ0n) is 15.4. The number of hydrogen-bond donors (Lipinski definition) is 2. The summed E-state index contributed by atoms with van der Waals surface area (Å²) in [7, 11) is 4.24. The number of hydrogen-bond acceptors (Lipinski definition) is 10. The smallest absolute Gasteiger partial charge is 0.337 e. The molecule has 2 N–H and O–H groups in total. The maximum Gasteiger partial charge on any atom is 0.337 e. The molecule has 0 aromatic heterocycles. The molecule has 1 fully saturated rings. The molecule has 2 aliphatic rings. The van der Waals surface area contributed by atoms with Crippen molar-refractivity contribution in [2.45, 2.75) is 18.4 Å². The summed E-state index contributed by atoms with van der Waals surface area (Å²) in [6.07, 6.45) is 0.0762. The second-order valence-electron chi connectivity index (χ2n) is 6.39. The van der Waals surface area contributed by atoms with Crippen LogP contribution >= 0.6 is 0 Å². The van der Waals surface area contributed by atoms with Gasteiger partial charge in [0.2, 0.25) is 0 Å². The minimum Gasteiger partial charge on any atom is -0.511 e. The molecule has 2 bridgehead atoms. The molecule has 0 saturated heterocycles. The number of esters is 4. The monoisotopic (exact) mass is 386 g/mol. The van der Waals surface area contributed by atoms with Crippen molar-refractivity contribution in [2.24, 2.45) is 23.7 Å². The Balaban J connectivity index is 2.82. The molecule has 27 heavy (non-hydrogen) atoms. The predicted octanol–water partition coefficient (Wildman–Crippen LogP) is -0.506. The van der Waals surface area contributed by atoms with Crippen LogP contribution in [0.15, 0.2) is 11.3 Å². The van der Waals surface area contributed by atoms with E-state index in [1.165, 1.54) is 0 Å². The molecule has 0 radical (unpaired) electrons. The number of fused-ring (bicyclic) bond motifs is 2. The average Bonchev–Trinajstić information content (AvgIpc) is 2.65. The number of ether oxygens (including phenoxy) is 4. The average molecular weight is 386 g/mol. The van der Waals surface area contributed by atoms with Gasteiger partial charge in [-0.2, -0.15) is 0 Å². The van der Waals surface area contributed by atoms with Crippen molar-refractivity contribution in [3.8, 4) is 0 Å². The van der Waals surface area contributed by atoms with E-state index >= 15 is 0 Å². The first-order valence-corrected chi connectivity index (χ1v) is 8.17. The molecule has 0 aromatic carbocycles. The van der Waals surface area contributed by atoms with Crippen LogP contribution in [0.1, 0.15) is 12.8 Å². The molecule has 2 aliphatic carbocycles. The molecule has 1 saturated carbocycles. The van der Waals surface area contributed by atoms with E-state index in [4.69, 9.17) is 9.47 Å². The van der Waals surface area contributed by atoms with E-state index in [-0.39, 0.29) is 18.4 Å². The van der Waals surface area contributed by atoms with Gasteiger partial charge in [-0.3, -0.25) is 14.4 Å². The number of aliphatic hydroxyl groups excluding tert-OH is 1. The van der Waals surface area contributed by atoms with Crippen LogP contribution < -0.4 is 0 Å². The molecule has 150 valence electrons. The maximum absolute atomic E-state index is 12.5. The van der Waals surface area contributed by atoms with Gasteiger partial charge in [-0.05, 0) is 12.8 Å². The Morgan fingerprint density at radius 3 is 1.93 bits per heavy atom. The molecule has 0 aliphatic heterocycles. The standard InChI is InChI=1S/C17H22O10/c1-24-13(19)8-6-5-7-9(14(20)25-2)12(18)11(16(22)27-4)17(8,23)10(7)15(21)26-3/h7-8,10-11,18,23H,5-6H2,1-4H3/t7-,8+,10+,11-,17-/m0/s1. The molecule has 0 spiro atoms. The lowest BCUT2D eigenvalue weighted by atomic mass is 9.53. The first-order chi connectivity index (χ1) is 12.7. The lowest BCUT2D eigenvalue weighted by Gasteiger charge is -2.52. The highest BCUT2D eigenvalue weighted by molar-refractivity contribution is 5.95. The third-order valence-corrected chi connectivity index (χ3v) is 5.39. The van der Waals surface area contributed by atoms with Crippen LogP contribution in [0, 0.1) is 23.7 Å². The molecule has 10 nitrogen and oxygen atoms in total. The molecule has 0 unspecified atom stereocenters. The van der Waals surface area contributed by atoms with Crippen LogP contribution in [0.3, 0.4) is 0 Å². The number of rotatable bonds is 4. The van der Waals surface area contributed by atoms with E-state index in [0.717, 1.165) is 28.4 Å². The minimum atomic E-state index is -2.40. The summed E-state index contributed by atoms with van der Waals surface area (Å²) in [5.41, 5.74) is -2.73. The van der Waals surface area contributed by atoms with E-state index in [0.29, 0.717) is 0 Å². The number of carbonyl (C=O) groups excluding carboxylic acids is 4. The van der Waals surface area contributed by atoms with Crippen LogP contribution in [-0.4, -0.2) is 68.1 Å². The highest BCUT2D eigenvalue weighted by Crippen LogP contribution is 2.55. The van der Waals surface area contributed by atoms with E-state index in [2.05, 4.69) is 9.47 Å². The highest BCUT2D eigenvalue weighted by atomic mass is 16.5. The molecule has 2 rings (SSSR count). The van der Waals surface area contributed by atoms with Crippen molar-refractivity contribution in [1.29, 1.82) is 0 Å². The molecular weight excluding hydrogens is 364 g/mol. The molecule has 10 heteroatoms. The van der Waals surface area contributed by atoms with Gasteiger partial charge in [-0.15, -0.1) is 0 Å². The molecule has 5 atom stereocenters. The predicted molar refractivity (Wildman–Crippen MR) is 85.9 cm³/mol. The SMILES string of the molecule is COC(=O)C1=C(O)[C@@H](C(=O)OC)[C@]2(O)[C@@H](C(=O)OC)CC[C@@H]1[C@@H]2C(=O)OC. The van der Waals surface area contributed by atoms with Gasteiger partial charge in [-0.1, -0.05) is 0 Å². The van der Waals surface area contributed by atoms with Gasteiger partial charge in [-0.25, -0.2) is 4.79 Å². The molecule has 0 aromatic rings. The van der Waals surface area contributed by atoms with Gasteiger partial charge in [0.1, 0.15) is 17.3 Å². The molecule has 0 heterocycles. The van der Waals surface area contributed by atoms with Crippen LogP contribution in [0.25, 0.3) is 0 Å². The quantitative estimate of drug-likeness (QED) is 0.478. The van der Waals surface area contributed by atoms with Gasteiger partial charge < -0.3 is 29.2 Å². The van der Waals surface area contributed by atoms with Crippen molar-refractivity contribution in [3.05, 3.63) is 11.3 Å². The fraction of sp³-hybridized carbons (Fsp3) is 0.647. The van der Waals surface area contributed by atoms with Crippen molar-refractivity contribution in [1.82, 2.24) is 0 Å². The first kappa shape index (κ1) is 20.7. The Hall–Kier alpha value is -2.62. The van der Waals surface area contributed by atoms with Crippen LogP contribution in [-0.2, 0) is 38.1 Å². The first-order valence-electron chi connectivity index (χ1n) is 8.17. The summed E-state index contributed by atoms with van der Waals surface area (Å²) >= 11 is 0. The van der Waals surface area contributed by atoms with Crippen molar-refractivity contribution < 1.29 is 48.3 Å². The number of aliphatic hydroxyl groups is 2. The summed E-state index contributed by atoms with van der Waals surface area (Å²) in [5, 5.41) is 22.1. The Kier molecular flexibility index (Phi) is 5.79. The summed E-state index contributed by atoms with van der Waals surface area (Å²) < 4.78 is 18.8. The van der Waals surface area contributed by atoms with Gasteiger partial charge in [0.25, 0.3) is 0 Å². The fourth-order valence-electron chi connectivity index (χ4n) is 4.25. The van der Waals surface area contributed by atoms with E-state index in [1.54, 1.807) is 0 Å². The fourth-order valence-corrected chi connectivity index (χ4v) is 4.25. The zero-order valence-corrected chi connectivity index (χ0v) is 15.4. The summed E-state index contributed by atoms with van der Waals surface area (Å²) in [6, 6.07) is 0. The second kappa shape index (κ2) is 7.55. The van der Waals surface area contributed by atoms with E-state index in [1.807, 2.05) is 0 Å². The van der Waals surface area contributed by atoms with Gasteiger partial charge in [0, 0.05) is 5.92 Å². The Bertz CT molecular complexity index is 696. The van der Waals surface area contributed by atoms with Gasteiger partial charge in [0.15, 0.2) is 0 Å². The Labute approximate surface area is 155 Å².